The van der Waals surface area contributed by atoms with Gasteiger partial charge in [0.25, 0.3) is 0 Å². The fraction of sp³-hybridized carbons (Fsp3) is 0.364. The van der Waals surface area contributed by atoms with E-state index < -0.39 is 32.6 Å². The molecule has 0 radical (unpaired) electrons. The minimum Gasteiger partial charge on any atom is -0.358 e. The Bertz CT molecular complexity index is 559. The van der Waals surface area contributed by atoms with Crippen molar-refractivity contribution in [3.8, 4) is 0 Å². The number of halogens is 2. The summed E-state index contributed by atoms with van der Waals surface area (Å²) in [5, 5.41) is 1.12. The lowest BCUT2D eigenvalue weighted by atomic mass is 10.2. The second-order valence-corrected chi connectivity index (χ2v) is 6.53. The Balaban J connectivity index is 2.99. The van der Waals surface area contributed by atoms with Gasteiger partial charge in [-0.05, 0) is 24.6 Å². The minimum atomic E-state index is -3.68. The summed E-state index contributed by atoms with van der Waals surface area (Å²) in [6.45, 7) is 1.30. The molecule has 100 valence electrons. The molecule has 0 aliphatic rings. The minimum absolute atomic E-state index is 0.0303. The molecule has 18 heavy (non-hydrogen) atoms. The summed E-state index contributed by atoms with van der Waals surface area (Å²) < 4.78 is 36.7. The second-order valence-electron chi connectivity index (χ2n) is 3.80. The molecule has 1 N–H and O–H groups in total. The third-order valence-corrected chi connectivity index (χ3v) is 4.88. The van der Waals surface area contributed by atoms with Crippen LogP contribution < -0.4 is 5.32 Å². The number of amides is 1. The summed E-state index contributed by atoms with van der Waals surface area (Å²) in [5.74, 6) is -1.53. The summed E-state index contributed by atoms with van der Waals surface area (Å²) in [7, 11) is -2.32. The second kappa shape index (κ2) is 5.67. The normalized spacial score (nSPS) is 13.1. The summed E-state index contributed by atoms with van der Waals surface area (Å²) in [6, 6.07) is 3.46. The number of hydrogen-bond donors (Lipinski definition) is 1. The van der Waals surface area contributed by atoms with Crippen molar-refractivity contribution in [2.75, 3.05) is 7.05 Å². The first-order chi connectivity index (χ1) is 8.27. The Morgan fingerprint density at radius 2 is 2.11 bits per heavy atom. The Labute approximate surface area is 110 Å². The topological polar surface area (TPSA) is 63.2 Å². The smallest absolute Gasteiger partial charge is 0.237 e. The zero-order valence-corrected chi connectivity index (χ0v) is 11.5. The van der Waals surface area contributed by atoms with Crippen LogP contribution in [0.4, 0.5) is 4.39 Å². The fourth-order valence-corrected chi connectivity index (χ4v) is 3.04. The van der Waals surface area contributed by atoms with E-state index in [4.69, 9.17) is 11.6 Å². The van der Waals surface area contributed by atoms with E-state index in [-0.39, 0.29) is 10.6 Å². The van der Waals surface area contributed by atoms with E-state index in [1.165, 1.54) is 20.0 Å². The van der Waals surface area contributed by atoms with Gasteiger partial charge in [0, 0.05) is 12.1 Å². The van der Waals surface area contributed by atoms with Crippen LogP contribution >= 0.6 is 11.6 Å². The van der Waals surface area contributed by atoms with E-state index in [0.717, 1.165) is 12.1 Å². The van der Waals surface area contributed by atoms with Crippen LogP contribution in [-0.4, -0.2) is 26.6 Å². The molecule has 0 aliphatic heterocycles. The Hall–Kier alpha value is -1.14. The van der Waals surface area contributed by atoms with Crippen LogP contribution in [0, 0.1) is 5.82 Å². The largest absolute Gasteiger partial charge is 0.358 e. The molecule has 0 unspecified atom stereocenters. The average Bonchev–Trinajstić information content (AvgIpc) is 2.30. The van der Waals surface area contributed by atoms with Crippen molar-refractivity contribution in [3.63, 3.8) is 0 Å². The van der Waals surface area contributed by atoms with Crippen LogP contribution in [0.25, 0.3) is 0 Å². The van der Waals surface area contributed by atoms with Gasteiger partial charge in [-0.15, -0.1) is 0 Å². The maximum atomic E-state index is 12.8. The maximum Gasteiger partial charge on any atom is 0.237 e. The van der Waals surface area contributed by atoms with Gasteiger partial charge < -0.3 is 5.32 Å². The summed E-state index contributed by atoms with van der Waals surface area (Å²) >= 11 is 5.75. The number of carbonyl (C=O) groups excluding carboxylic acids is 1. The fourth-order valence-electron chi connectivity index (χ4n) is 1.35. The number of sulfone groups is 1. The molecule has 7 heteroatoms. The first-order valence-corrected chi connectivity index (χ1v) is 7.24. The summed E-state index contributed by atoms with van der Waals surface area (Å²) in [4.78, 5) is 11.3. The molecule has 1 aromatic rings. The third kappa shape index (κ3) is 3.43. The van der Waals surface area contributed by atoms with Gasteiger partial charge >= 0.3 is 0 Å². The molecule has 1 amide bonds. The van der Waals surface area contributed by atoms with Crippen molar-refractivity contribution >= 4 is 27.3 Å². The molecule has 0 aromatic heterocycles. The molecule has 0 saturated heterocycles. The molecule has 1 atom stereocenters. The van der Waals surface area contributed by atoms with E-state index >= 15 is 0 Å². The highest BCUT2D eigenvalue weighted by Crippen LogP contribution is 2.21. The molecule has 0 fully saturated rings. The zero-order chi connectivity index (χ0) is 13.9. The van der Waals surface area contributed by atoms with Crippen molar-refractivity contribution in [1.82, 2.24) is 5.32 Å². The lowest BCUT2D eigenvalue weighted by Gasteiger charge is -2.12. The predicted molar refractivity (Wildman–Crippen MR) is 67.6 cm³/mol. The lowest BCUT2D eigenvalue weighted by Crippen LogP contribution is -2.36. The van der Waals surface area contributed by atoms with Gasteiger partial charge in [-0.2, -0.15) is 0 Å². The zero-order valence-electron chi connectivity index (χ0n) is 9.91. The molecule has 1 aromatic carbocycles. The van der Waals surface area contributed by atoms with Crippen molar-refractivity contribution in [1.29, 1.82) is 0 Å². The maximum absolute atomic E-state index is 12.8. The van der Waals surface area contributed by atoms with Gasteiger partial charge in [0.15, 0.2) is 9.84 Å². The lowest BCUT2D eigenvalue weighted by molar-refractivity contribution is -0.119. The highest BCUT2D eigenvalue weighted by atomic mass is 35.5. The molecule has 0 spiro atoms. The number of carbonyl (C=O) groups is 1. The molecule has 4 nitrogen and oxygen atoms in total. The van der Waals surface area contributed by atoms with E-state index in [1.807, 2.05) is 0 Å². The number of hydrogen-bond acceptors (Lipinski definition) is 3. The average molecular weight is 294 g/mol. The number of benzene rings is 1. The number of nitrogens with one attached hydrogen (secondary N) is 1. The molecule has 0 bridgehead atoms. The van der Waals surface area contributed by atoms with Crippen LogP contribution in [0.3, 0.4) is 0 Å². The summed E-state index contributed by atoms with van der Waals surface area (Å²) in [5.41, 5.74) is 0.272. The third-order valence-electron chi connectivity index (χ3n) is 2.53. The van der Waals surface area contributed by atoms with Gasteiger partial charge in [-0.3, -0.25) is 4.79 Å². The standard InChI is InChI=1S/C11H13ClFNO3S/c1-7(11(15)14-2)18(16,17)6-8-3-4-9(13)5-10(8)12/h3-5,7H,6H2,1-2H3,(H,14,15)/t7-/m1/s1. The molecule has 0 aliphatic carbocycles. The van der Waals surface area contributed by atoms with Gasteiger partial charge in [0.05, 0.1) is 5.75 Å². The molecular weight excluding hydrogens is 281 g/mol. The highest BCUT2D eigenvalue weighted by Gasteiger charge is 2.28. The van der Waals surface area contributed by atoms with E-state index in [1.54, 1.807) is 0 Å². The van der Waals surface area contributed by atoms with Gasteiger partial charge in [0.1, 0.15) is 11.1 Å². The quantitative estimate of drug-likeness (QED) is 0.916. The predicted octanol–water partition coefficient (Wildman–Crippen LogP) is 1.53. The van der Waals surface area contributed by atoms with E-state index in [2.05, 4.69) is 5.32 Å². The van der Waals surface area contributed by atoms with Gasteiger partial charge in [-0.25, -0.2) is 12.8 Å². The van der Waals surface area contributed by atoms with E-state index in [0.29, 0.717) is 0 Å². The highest BCUT2D eigenvalue weighted by molar-refractivity contribution is 7.92. The van der Waals surface area contributed by atoms with Crippen molar-refractivity contribution in [2.45, 2.75) is 17.9 Å². The monoisotopic (exact) mass is 293 g/mol. The first-order valence-electron chi connectivity index (χ1n) is 5.15. The Morgan fingerprint density at radius 1 is 1.50 bits per heavy atom. The van der Waals surface area contributed by atoms with Gasteiger partial charge in [-0.1, -0.05) is 17.7 Å². The van der Waals surface area contributed by atoms with Crippen LogP contribution in [0.15, 0.2) is 18.2 Å². The Morgan fingerprint density at radius 3 is 2.61 bits per heavy atom. The summed E-state index contributed by atoms with van der Waals surface area (Å²) in [6.07, 6.45) is 0. The molecule has 0 saturated carbocycles. The van der Waals surface area contributed by atoms with Crippen LogP contribution in [-0.2, 0) is 20.4 Å². The van der Waals surface area contributed by atoms with Crippen molar-refractivity contribution in [2.24, 2.45) is 0 Å². The molecule has 0 heterocycles. The Kier molecular flexibility index (Phi) is 4.70. The van der Waals surface area contributed by atoms with E-state index in [9.17, 15) is 17.6 Å². The van der Waals surface area contributed by atoms with Crippen molar-refractivity contribution < 1.29 is 17.6 Å². The van der Waals surface area contributed by atoms with Gasteiger partial charge in [0.2, 0.25) is 5.91 Å². The first kappa shape index (κ1) is 14.9. The van der Waals surface area contributed by atoms with Crippen LogP contribution in [0.5, 0.6) is 0 Å². The van der Waals surface area contributed by atoms with Crippen LogP contribution in [0.2, 0.25) is 5.02 Å². The van der Waals surface area contributed by atoms with Crippen molar-refractivity contribution in [3.05, 3.63) is 34.6 Å². The SMILES string of the molecule is CNC(=O)[C@@H](C)S(=O)(=O)Cc1ccc(F)cc1Cl. The molecular formula is C11H13ClFNO3S. The molecule has 1 rings (SSSR count). The number of rotatable bonds is 4. The van der Waals surface area contributed by atoms with Crippen LogP contribution in [0.1, 0.15) is 12.5 Å².